The molecule has 0 bridgehead atoms. The zero-order valence-electron chi connectivity index (χ0n) is 12.6. The van der Waals surface area contributed by atoms with Crippen LogP contribution < -0.4 is 11.1 Å². The maximum absolute atomic E-state index is 13.1. The van der Waals surface area contributed by atoms with Gasteiger partial charge in [0.15, 0.2) is 5.69 Å². The number of rotatable bonds is 5. The van der Waals surface area contributed by atoms with Crippen LogP contribution in [0.2, 0.25) is 0 Å². The Hall–Kier alpha value is -2.42. The standard InChI is InChI=1S/C15H16F3N5O/c16-15(17,18)10-3-1-2-4-13(10)23-8-12(21-22-23)14(24)20-11(7-19)9-5-6-9/h1-4,8-9,11H,5-7,19H2,(H,20,24). The van der Waals surface area contributed by atoms with Crippen LogP contribution in [0.3, 0.4) is 0 Å². The number of benzene rings is 1. The fraction of sp³-hybridized carbons (Fsp3) is 0.400. The van der Waals surface area contributed by atoms with Crippen molar-refractivity contribution < 1.29 is 18.0 Å². The number of carbonyl (C=O) groups is 1. The van der Waals surface area contributed by atoms with E-state index in [2.05, 4.69) is 15.6 Å². The minimum atomic E-state index is -4.53. The summed E-state index contributed by atoms with van der Waals surface area (Å²) < 4.78 is 40.1. The predicted molar refractivity (Wildman–Crippen MR) is 79.4 cm³/mol. The van der Waals surface area contributed by atoms with E-state index >= 15 is 0 Å². The number of nitrogens with zero attached hydrogens (tertiary/aromatic N) is 3. The summed E-state index contributed by atoms with van der Waals surface area (Å²) in [5, 5.41) is 10.1. The average Bonchev–Trinajstić information content (AvgIpc) is 3.27. The highest BCUT2D eigenvalue weighted by Gasteiger charge is 2.34. The van der Waals surface area contributed by atoms with Gasteiger partial charge in [-0.15, -0.1) is 5.10 Å². The number of hydrogen-bond donors (Lipinski definition) is 2. The van der Waals surface area contributed by atoms with Crippen LogP contribution in [0.25, 0.3) is 5.69 Å². The summed E-state index contributed by atoms with van der Waals surface area (Å²) >= 11 is 0. The molecule has 1 aliphatic carbocycles. The molecule has 3 N–H and O–H groups in total. The van der Waals surface area contributed by atoms with E-state index in [1.165, 1.54) is 24.4 Å². The SMILES string of the molecule is NCC(NC(=O)c1cn(-c2ccccc2C(F)(F)F)nn1)C1CC1. The Bertz CT molecular complexity index is 739. The Balaban J connectivity index is 1.82. The van der Waals surface area contributed by atoms with Crippen molar-refractivity contribution >= 4 is 5.91 Å². The fourth-order valence-electron chi connectivity index (χ4n) is 2.51. The molecule has 0 aliphatic heterocycles. The maximum atomic E-state index is 13.1. The summed E-state index contributed by atoms with van der Waals surface area (Å²) in [5.74, 6) is -0.131. The lowest BCUT2D eigenvalue weighted by Gasteiger charge is -2.14. The van der Waals surface area contributed by atoms with E-state index < -0.39 is 17.6 Å². The molecule has 0 spiro atoms. The summed E-state index contributed by atoms with van der Waals surface area (Å²) in [4.78, 5) is 12.2. The lowest BCUT2D eigenvalue weighted by Crippen LogP contribution is -2.41. The normalized spacial score (nSPS) is 16.0. The van der Waals surface area contributed by atoms with Crippen molar-refractivity contribution in [1.82, 2.24) is 20.3 Å². The van der Waals surface area contributed by atoms with E-state index in [-0.39, 0.29) is 17.4 Å². The van der Waals surface area contributed by atoms with Gasteiger partial charge in [-0.1, -0.05) is 17.3 Å². The summed E-state index contributed by atoms with van der Waals surface area (Å²) in [7, 11) is 0. The van der Waals surface area contributed by atoms with Gasteiger partial charge in [-0.3, -0.25) is 4.79 Å². The molecule has 1 saturated carbocycles. The average molecular weight is 339 g/mol. The maximum Gasteiger partial charge on any atom is 0.418 e. The second kappa shape index (κ2) is 6.23. The monoisotopic (exact) mass is 339 g/mol. The first kappa shape index (κ1) is 16.4. The number of aromatic nitrogens is 3. The third-order valence-corrected chi connectivity index (χ3v) is 3.94. The molecule has 2 aromatic rings. The number of nitrogens with one attached hydrogen (secondary N) is 1. The van der Waals surface area contributed by atoms with Crippen molar-refractivity contribution in [2.45, 2.75) is 25.1 Å². The zero-order chi connectivity index (χ0) is 17.3. The van der Waals surface area contributed by atoms with Gasteiger partial charge >= 0.3 is 6.18 Å². The van der Waals surface area contributed by atoms with Gasteiger partial charge in [0.25, 0.3) is 5.91 Å². The first-order valence-electron chi connectivity index (χ1n) is 7.50. The van der Waals surface area contributed by atoms with Crippen molar-refractivity contribution in [2.75, 3.05) is 6.54 Å². The summed E-state index contributed by atoms with van der Waals surface area (Å²) in [6.07, 6.45) is -1.33. The molecule has 1 aromatic heterocycles. The molecule has 1 aliphatic rings. The minimum Gasteiger partial charge on any atom is -0.346 e. The van der Waals surface area contributed by atoms with Crippen molar-refractivity contribution in [3.05, 3.63) is 41.7 Å². The first-order valence-corrected chi connectivity index (χ1v) is 7.50. The van der Waals surface area contributed by atoms with Gasteiger partial charge in [0, 0.05) is 12.6 Å². The van der Waals surface area contributed by atoms with Gasteiger partial charge < -0.3 is 11.1 Å². The quantitative estimate of drug-likeness (QED) is 0.869. The van der Waals surface area contributed by atoms with Crippen molar-refractivity contribution in [3.8, 4) is 5.69 Å². The topological polar surface area (TPSA) is 85.8 Å². The van der Waals surface area contributed by atoms with E-state index in [0.717, 1.165) is 23.6 Å². The molecular weight excluding hydrogens is 323 g/mol. The van der Waals surface area contributed by atoms with Crippen molar-refractivity contribution in [2.24, 2.45) is 11.7 Å². The lowest BCUT2D eigenvalue weighted by molar-refractivity contribution is -0.137. The Morgan fingerprint density at radius 3 is 2.71 bits per heavy atom. The Morgan fingerprint density at radius 1 is 1.38 bits per heavy atom. The molecule has 1 fully saturated rings. The van der Waals surface area contributed by atoms with Crippen LogP contribution in [-0.2, 0) is 6.18 Å². The van der Waals surface area contributed by atoms with E-state index in [9.17, 15) is 18.0 Å². The highest BCUT2D eigenvalue weighted by atomic mass is 19.4. The molecule has 9 heteroatoms. The minimum absolute atomic E-state index is 0.0499. The Morgan fingerprint density at radius 2 is 2.08 bits per heavy atom. The van der Waals surface area contributed by atoms with Crippen LogP contribution in [0.15, 0.2) is 30.5 Å². The first-order chi connectivity index (χ1) is 11.4. The highest BCUT2D eigenvalue weighted by molar-refractivity contribution is 5.92. The van der Waals surface area contributed by atoms with Gasteiger partial charge in [-0.05, 0) is 30.9 Å². The number of halogens is 3. The molecule has 1 amide bonds. The molecule has 1 atom stereocenters. The van der Waals surface area contributed by atoms with E-state index in [1.54, 1.807) is 0 Å². The van der Waals surface area contributed by atoms with Gasteiger partial charge in [-0.25, -0.2) is 4.68 Å². The Labute approximate surface area is 135 Å². The summed E-state index contributed by atoms with van der Waals surface area (Å²) in [5.41, 5.74) is 4.54. The molecule has 1 heterocycles. The third-order valence-electron chi connectivity index (χ3n) is 3.94. The van der Waals surface area contributed by atoms with Gasteiger partial charge in [0.2, 0.25) is 0 Å². The molecule has 24 heavy (non-hydrogen) atoms. The second-order valence-corrected chi connectivity index (χ2v) is 5.72. The fourth-order valence-corrected chi connectivity index (χ4v) is 2.51. The van der Waals surface area contributed by atoms with Crippen LogP contribution >= 0.6 is 0 Å². The molecule has 1 unspecified atom stereocenters. The van der Waals surface area contributed by atoms with Gasteiger partial charge in [-0.2, -0.15) is 13.2 Å². The van der Waals surface area contributed by atoms with Gasteiger partial charge in [0.05, 0.1) is 17.4 Å². The molecule has 128 valence electrons. The number of para-hydroxylation sites is 1. The third kappa shape index (κ3) is 3.40. The second-order valence-electron chi connectivity index (χ2n) is 5.72. The van der Waals surface area contributed by atoms with Crippen molar-refractivity contribution in [1.29, 1.82) is 0 Å². The molecule has 0 radical (unpaired) electrons. The van der Waals surface area contributed by atoms with Crippen LogP contribution in [0.4, 0.5) is 13.2 Å². The van der Waals surface area contributed by atoms with E-state index in [4.69, 9.17) is 5.73 Å². The van der Waals surface area contributed by atoms with Crippen molar-refractivity contribution in [3.63, 3.8) is 0 Å². The number of alkyl halides is 3. The molecule has 1 aromatic carbocycles. The van der Waals surface area contributed by atoms with Crippen LogP contribution in [0.5, 0.6) is 0 Å². The Kier molecular flexibility index (Phi) is 4.27. The smallest absolute Gasteiger partial charge is 0.346 e. The lowest BCUT2D eigenvalue weighted by atomic mass is 10.1. The molecular formula is C15H16F3N5O. The highest BCUT2D eigenvalue weighted by Crippen LogP contribution is 2.33. The number of amides is 1. The van der Waals surface area contributed by atoms with Crippen LogP contribution in [-0.4, -0.2) is 33.5 Å². The van der Waals surface area contributed by atoms with Gasteiger partial charge in [0.1, 0.15) is 0 Å². The summed E-state index contributed by atoms with van der Waals surface area (Å²) in [6, 6.07) is 4.83. The van der Waals surface area contributed by atoms with E-state index in [0.29, 0.717) is 12.5 Å². The largest absolute Gasteiger partial charge is 0.418 e. The number of hydrogen-bond acceptors (Lipinski definition) is 4. The predicted octanol–water partition coefficient (Wildman–Crippen LogP) is 1.75. The zero-order valence-corrected chi connectivity index (χ0v) is 12.6. The van der Waals surface area contributed by atoms with Crippen LogP contribution in [0.1, 0.15) is 28.9 Å². The number of nitrogens with two attached hydrogens (primary N) is 1. The molecule has 0 saturated heterocycles. The molecule has 6 nitrogen and oxygen atoms in total. The van der Waals surface area contributed by atoms with Crippen LogP contribution in [0, 0.1) is 5.92 Å². The molecule has 3 rings (SSSR count). The van der Waals surface area contributed by atoms with E-state index in [1.807, 2.05) is 0 Å². The summed E-state index contributed by atoms with van der Waals surface area (Å²) in [6.45, 7) is 0.307. The number of carbonyl (C=O) groups excluding carboxylic acids is 1.